The second kappa shape index (κ2) is 8.28. The van der Waals surface area contributed by atoms with Crippen LogP contribution in [0.5, 0.6) is 5.75 Å². The smallest absolute Gasteiger partial charge is 0.329 e. The minimum Gasteiger partial charge on any atom is -0.491 e. The molecule has 0 aliphatic carbocycles. The van der Waals surface area contributed by atoms with E-state index < -0.39 is 17.4 Å². The number of hydrogen-bond donors (Lipinski definition) is 2. The topological polar surface area (TPSA) is 102 Å². The molecule has 27 heavy (non-hydrogen) atoms. The van der Waals surface area contributed by atoms with Gasteiger partial charge in [0.05, 0.1) is 6.54 Å². The van der Waals surface area contributed by atoms with Gasteiger partial charge in [-0.25, -0.2) is 9.78 Å². The molecule has 2 aromatic heterocycles. The van der Waals surface area contributed by atoms with Gasteiger partial charge < -0.3 is 14.4 Å². The second-order valence-corrected chi connectivity index (χ2v) is 6.86. The predicted molar refractivity (Wildman–Crippen MR) is 104 cm³/mol. The SMILES string of the molecule is C=CCSc1nc2c(c(=O)[nH]c(=O)n2C)n1C[C@@H](O)COc1ccccc1. The third-order valence-corrected chi connectivity index (χ3v) is 4.85. The van der Waals surface area contributed by atoms with Crippen LogP contribution in [0.1, 0.15) is 0 Å². The molecule has 0 aliphatic heterocycles. The highest BCUT2D eigenvalue weighted by Gasteiger charge is 2.20. The van der Waals surface area contributed by atoms with Crippen molar-refractivity contribution in [2.75, 3.05) is 12.4 Å². The highest BCUT2D eigenvalue weighted by molar-refractivity contribution is 7.99. The zero-order valence-electron chi connectivity index (χ0n) is 14.8. The van der Waals surface area contributed by atoms with Crippen LogP contribution in [0.25, 0.3) is 11.2 Å². The summed E-state index contributed by atoms with van der Waals surface area (Å²) in [6.07, 6.45) is 0.842. The van der Waals surface area contributed by atoms with Crippen LogP contribution in [0.4, 0.5) is 0 Å². The number of aryl methyl sites for hydroxylation is 1. The molecule has 0 saturated carbocycles. The minimum absolute atomic E-state index is 0.0545. The Morgan fingerprint density at radius 2 is 2.11 bits per heavy atom. The summed E-state index contributed by atoms with van der Waals surface area (Å²) in [5.41, 5.74) is -0.568. The minimum atomic E-state index is -0.873. The first-order chi connectivity index (χ1) is 13.0. The number of rotatable bonds is 8. The second-order valence-electron chi connectivity index (χ2n) is 5.87. The van der Waals surface area contributed by atoms with Gasteiger partial charge in [-0.15, -0.1) is 6.58 Å². The number of aliphatic hydroxyl groups excluding tert-OH is 1. The quantitative estimate of drug-likeness (QED) is 0.443. The van der Waals surface area contributed by atoms with Gasteiger partial charge in [-0.05, 0) is 12.1 Å². The molecule has 0 aliphatic rings. The first-order valence-electron chi connectivity index (χ1n) is 8.30. The van der Waals surface area contributed by atoms with Crippen molar-refractivity contribution < 1.29 is 9.84 Å². The van der Waals surface area contributed by atoms with Crippen molar-refractivity contribution in [2.45, 2.75) is 17.8 Å². The van der Waals surface area contributed by atoms with Crippen molar-refractivity contribution in [3.05, 3.63) is 63.8 Å². The van der Waals surface area contributed by atoms with Crippen molar-refractivity contribution in [2.24, 2.45) is 7.05 Å². The zero-order chi connectivity index (χ0) is 19.4. The van der Waals surface area contributed by atoms with E-state index in [1.165, 1.54) is 23.4 Å². The number of nitrogens with zero attached hydrogens (tertiary/aromatic N) is 3. The van der Waals surface area contributed by atoms with Gasteiger partial charge in [-0.1, -0.05) is 36.0 Å². The fourth-order valence-corrected chi connectivity index (χ4v) is 3.34. The molecule has 9 heteroatoms. The Labute approximate surface area is 159 Å². The van der Waals surface area contributed by atoms with Gasteiger partial charge in [0.15, 0.2) is 16.3 Å². The standard InChI is InChI=1S/C18H20N4O4S/c1-3-9-27-18-19-15-14(16(24)20-17(25)21(15)2)22(18)10-12(23)11-26-13-7-5-4-6-8-13/h3-8,12,23H,1,9-11H2,2H3,(H,20,24,25)/t12-/m1/s1. The van der Waals surface area contributed by atoms with Gasteiger partial charge in [0, 0.05) is 12.8 Å². The molecule has 0 saturated heterocycles. The third-order valence-electron chi connectivity index (χ3n) is 3.88. The van der Waals surface area contributed by atoms with Crippen LogP contribution < -0.4 is 16.0 Å². The van der Waals surface area contributed by atoms with E-state index in [1.807, 2.05) is 18.2 Å². The summed E-state index contributed by atoms with van der Waals surface area (Å²) in [5.74, 6) is 1.22. The molecule has 0 fully saturated rings. The monoisotopic (exact) mass is 388 g/mol. The van der Waals surface area contributed by atoms with Gasteiger partial charge in [0.2, 0.25) is 0 Å². The highest BCUT2D eigenvalue weighted by Crippen LogP contribution is 2.22. The normalized spacial score (nSPS) is 12.2. The lowest BCUT2D eigenvalue weighted by molar-refractivity contribution is 0.0914. The molecule has 3 aromatic rings. The summed E-state index contributed by atoms with van der Waals surface area (Å²) in [6, 6.07) is 9.15. The molecule has 142 valence electrons. The van der Waals surface area contributed by atoms with Crippen LogP contribution in [0.3, 0.4) is 0 Å². The molecule has 2 heterocycles. The lowest BCUT2D eigenvalue weighted by Crippen LogP contribution is -2.30. The Hall–Kier alpha value is -2.78. The molecule has 0 spiro atoms. The number of thioether (sulfide) groups is 1. The lowest BCUT2D eigenvalue weighted by Gasteiger charge is -2.15. The van der Waals surface area contributed by atoms with E-state index in [9.17, 15) is 14.7 Å². The Kier molecular flexibility index (Phi) is 5.82. The van der Waals surface area contributed by atoms with Crippen LogP contribution in [0.15, 0.2) is 57.7 Å². The average Bonchev–Trinajstić information content (AvgIpc) is 3.02. The summed E-state index contributed by atoms with van der Waals surface area (Å²) in [5, 5.41) is 10.9. The van der Waals surface area contributed by atoms with Gasteiger partial charge in [0.1, 0.15) is 18.5 Å². The molecule has 1 aromatic carbocycles. The molecule has 0 bridgehead atoms. The number of H-pyrrole nitrogens is 1. The van der Waals surface area contributed by atoms with Crippen molar-refractivity contribution in [3.8, 4) is 5.75 Å². The predicted octanol–water partition coefficient (Wildman–Crippen LogP) is 1.14. The first-order valence-corrected chi connectivity index (χ1v) is 9.29. The maximum atomic E-state index is 12.3. The number of ether oxygens (including phenoxy) is 1. The molecule has 0 radical (unpaired) electrons. The molecular formula is C18H20N4O4S. The number of hydrogen-bond acceptors (Lipinski definition) is 6. The van der Waals surface area contributed by atoms with Crippen LogP contribution in [-0.4, -0.2) is 42.7 Å². The average molecular weight is 388 g/mol. The van der Waals surface area contributed by atoms with Crippen molar-refractivity contribution in [1.82, 2.24) is 19.1 Å². The van der Waals surface area contributed by atoms with Crippen molar-refractivity contribution in [3.63, 3.8) is 0 Å². The first kappa shape index (κ1) is 19.0. The maximum absolute atomic E-state index is 12.3. The summed E-state index contributed by atoms with van der Waals surface area (Å²) in [6.45, 7) is 3.84. The molecule has 1 atom stereocenters. The van der Waals surface area contributed by atoms with Crippen LogP contribution in [0, 0.1) is 0 Å². The lowest BCUT2D eigenvalue weighted by atomic mass is 10.3. The molecule has 8 nitrogen and oxygen atoms in total. The fourth-order valence-electron chi connectivity index (χ4n) is 2.60. The molecule has 0 unspecified atom stereocenters. The summed E-state index contributed by atoms with van der Waals surface area (Å²) in [7, 11) is 1.54. The van der Waals surface area contributed by atoms with Crippen LogP contribution in [-0.2, 0) is 13.6 Å². The van der Waals surface area contributed by atoms with Crippen LogP contribution in [0.2, 0.25) is 0 Å². The molecule has 2 N–H and O–H groups in total. The summed E-state index contributed by atoms with van der Waals surface area (Å²) >= 11 is 1.37. The Morgan fingerprint density at radius 1 is 1.37 bits per heavy atom. The zero-order valence-corrected chi connectivity index (χ0v) is 15.6. The maximum Gasteiger partial charge on any atom is 0.329 e. The number of aromatic amines is 1. The number of para-hydroxylation sites is 1. The third kappa shape index (κ3) is 4.15. The largest absolute Gasteiger partial charge is 0.491 e. The Balaban J connectivity index is 1.91. The molecule has 0 amide bonds. The van der Waals surface area contributed by atoms with Crippen LogP contribution >= 0.6 is 11.8 Å². The number of benzene rings is 1. The van der Waals surface area contributed by atoms with Gasteiger partial charge >= 0.3 is 5.69 Å². The van der Waals surface area contributed by atoms with Crippen molar-refractivity contribution >= 4 is 22.9 Å². The van der Waals surface area contributed by atoms with E-state index in [4.69, 9.17) is 4.74 Å². The fraction of sp³-hybridized carbons (Fsp3) is 0.278. The molecular weight excluding hydrogens is 368 g/mol. The van der Waals surface area contributed by atoms with E-state index in [1.54, 1.807) is 22.8 Å². The summed E-state index contributed by atoms with van der Waals surface area (Å²) < 4.78 is 8.46. The number of aliphatic hydroxyl groups is 1. The van der Waals surface area contributed by atoms with E-state index in [2.05, 4.69) is 16.5 Å². The van der Waals surface area contributed by atoms with E-state index in [-0.39, 0.29) is 24.3 Å². The number of nitrogens with one attached hydrogen (secondary N) is 1. The van der Waals surface area contributed by atoms with E-state index >= 15 is 0 Å². The Morgan fingerprint density at radius 3 is 2.81 bits per heavy atom. The number of fused-ring (bicyclic) bond motifs is 1. The summed E-state index contributed by atoms with van der Waals surface area (Å²) in [4.78, 5) is 30.9. The Bertz CT molecular complexity index is 1050. The van der Waals surface area contributed by atoms with Gasteiger partial charge in [-0.3, -0.25) is 14.3 Å². The highest BCUT2D eigenvalue weighted by atomic mass is 32.2. The number of aromatic nitrogens is 4. The molecule has 3 rings (SSSR count). The van der Waals surface area contributed by atoms with Crippen molar-refractivity contribution in [1.29, 1.82) is 0 Å². The van der Waals surface area contributed by atoms with E-state index in [0.717, 1.165) is 0 Å². The van der Waals surface area contributed by atoms with E-state index in [0.29, 0.717) is 16.7 Å². The van der Waals surface area contributed by atoms with Gasteiger partial charge in [-0.2, -0.15) is 0 Å². The van der Waals surface area contributed by atoms with Gasteiger partial charge in [0.25, 0.3) is 5.56 Å². The number of imidazole rings is 1.